The fourth-order valence-corrected chi connectivity index (χ4v) is 3.94. The second-order valence-corrected chi connectivity index (χ2v) is 6.92. The van der Waals surface area contributed by atoms with Gasteiger partial charge in [-0.05, 0) is 29.9 Å². The topological polar surface area (TPSA) is 75.1 Å². The third-order valence-electron chi connectivity index (χ3n) is 3.52. The van der Waals surface area contributed by atoms with Gasteiger partial charge in [0.1, 0.15) is 5.56 Å². The smallest absolute Gasteiger partial charge is 0.331 e. The first-order chi connectivity index (χ1) is 10.1. The number of hydrogen-bond donors (Lipinski definition) is 2. The number of H-pyrrole nitrogens is 1. The van der Waals surface area contributed by atoms with Crippen LogP contribution in [0.2, 0.25) is 0 Å². The molecule has 5 nitrogen and oxygen atoms in total. The molecule has 2 heterocycles. The summed E-state index contributed by atoms with van der Waals surface area (Å²) < 4.78 is 2.18. The van der Waals surface area contributed by atoms with Gasteiger partial charge in [0, 0.05) is 10.2 Å². The molecule has 2 N–H and O–H groups in total. The van der Waals surface area contributed by atoms with Crippen molar-refractivity contribution in [3.8, 4) is 17.0 Å². The third-order valence-corrected chi connectivity index (χ3v) is 5.20. The van der Waals surface area contributed by atoms with E-state index in [9.17, 15) is 14.7 Å². The first kappa shape index (κ1) is 14.5. The Morgan fingerprint density at radius 2 is 2.00 bits per heavy atom. The average molecular weight is 369 g/mol. The molecule has 110 valence electrons. The van der Waals surface area contributed by atoms with Gasteiger partial charge in [0.2, 0.25) is 5.88 Å². The van der Waals surface area contributed by atoms with Gasteiger partial charge in [-0.1, -0.05) is 28.1 Å². The normalized spacial score (nSPS) is 18.0. The number of aromatic amines is 1. The van der Waals surface area contributed by atoms with E-state index in [-0.39, 0.29) is 17.5 Å². The number of halogens is 1. The molecule has 1 saturated heterocycles. The summed E-state index contributed by atoms with van der Waals surface area (Å²) in [4.78, 5) is 26.4. The van der Waals surface area contributed by atoms with E-state index >= 15 is 0 Å². The Balaban J connectivity index is 2.21. The zero-order chi connectivity index (χ0) is 15.0. The summed E-state index contributed by atoms with van der Waals surface area (Å²) >= 11 is 5.06. The minimum atomic E-state index is -0.568. The van der Waals surface area contributed by atoms with Gasteiger partial charge in [0.05, 0.1) is 6.04 Å². The van der Waals surface area contributed by atoms with E-state index in [1.165, 1.54) is 4.57 Å². The van der Waals surface area contributed by atoms with E-state index in [2.05, 4.69) is 20.9 Å². The van der Waals surface area contributed by atoms with Gasteiger partial charge in [-0.25, -0.2) is 4.79 Å². The maximum absolute atomic E-state index is 12.1. The Bertz CT molecular complexity index is 776. The number of nitrogens with one attached hydrogen (secondary N) is 1. The average Bonchev–Trinajstić information content (AvgIpc) is 2.94. The van der Waals surface area contributed by atoms with Crippen LogP contribution in [0.5, 0.6) is 5.88 Å². The van der Waals surface area contributed by atoms with E-state index in [0.29, 0.717) is 5.56 Å². The molecule has 0 aliphatic carbocycles. The molecule has 21 heavy (non-hydrogen) atoms. The summed E-state index contributed by atoms with van der Waals surface area (Å²) in [7, 11) is 0. The van der Waals surface area contributed by atoms with E-state index in [1.54, 1.807) is 36.0 Å². The van der Waals surface area contributed by atoms with Crippen molar-refractivity contribution in [3.05, 3.63) is 49.6 Å². The minimum Gasteiger partial charge on any atom is -0.494 e. The maximum Gasteiger partial charge on any atom is 0.331 e. The molecule has 1 unspecified atom stereocenters. The van der Waals surface area contributed by atoms with Crippen LogP contribution in [-0.2, 0) is 0 Å². The number of thioether (sulfide) groups is 1. The molecular weight excluding hydrogens is 356 g/mol. The van der Waals surface area contributed by atoms with Crippen molar-refractivity contribution in [2.45, 2.75) is 12.5 Å². The van der Waals surface area contributed by atoms with E-state index in [0.717, 1.165) is 22.4 Å². The summed E-state index contributed by atoms with van der Waals surface area (Å²) in [5, 5.41) is 10.5. The van der Waals surface area contributed by atoms with Crippen molar-refractivity contribution in [3.63, 3.8) is 0 Å². The number of rotatable bonds is 2. The van der Waals surface area contributed by atoms with Crippen molar-refractivity contribution >= 4 is 27.7 Å². The molecule has 0 saturated carbocycles. The first-order valence-electron chi connectivity index (χ1n) is 6.49. The zero-order valence-corrected chi connectivity index (χ0v) is 13.4. The highest BCUT2D eigenvalue weighted by atomic mass is 79.9. The summed E-state index contributed by atoms with van der Waals surface area (Å²) in [5.74, 6) is 1.46. The van der Waals surface area contributed by atoms with Crippen LogP contribution in [0.1, 0.15) is 12.5 Å². The quantitative estimate of drug-likeness (QED) is 0.852. The number of benzene rings is 1. The number of aromatic hydroxyl groups is 1. The van der Waals surface area contributed by atoms with Crippen molar-refractivity contribution in [2.24, 2.45) is 0 Å². The van der Waals surface area contributed by atoms with Crippen molar-refractivity contribution in [2.75, 3.05) is 11.5 Å². The molecule has 1 aromatic carbocycles. The Kier molecular flexibility index (Phi) is 3.95. The van der Waals surface area contributed by atoms with Crippen LogP contribution in [-0.4, -0.2) is 26.2 Å². The summed E-state index contributed by atoms with van der Waals surface area (Å²) in [6, 6.07) is 6.96. The van der Waals surface area contributed by atoms with Crippen LogP contribution in [0.4, 0.5) is 0 Å². The molecule has 1 atom stereocenters. The molecule has 0 amide bonds. The van der Waals surface area contributed by atoms with Crippen LogP contribution in [0.25, 0.3) is 11.1 Å². The molecule has 1 fully saturated rings. The number of nitrogens with zero attached hydrogens (tertiary/aromatic N) is 1. The predicted molar refractivity (Wildman–Crippen MR) is 87.1 cm³/mol. The summed E-state index contributed by atoms with van der Waals surface area (Å²) in [6.45, 7) is 0. The van der Waals surface area contributed by atoms with Gasteiger partial charge in [0.25, 0.3) is 5.56 Å². The van der Waals surface area contributed by atoms with Gasteiger partial charge in [0.15, 0.2) is 0 Å². The molecule has 3 rings (SSSR count). The fraction of sp³-hybridized carbons (Fsp3) is 0.286. The molecular formula is C14H13BrN2O3S. The lowest BCUT2D eigenvalue weighted by Gasteiger charge is -2.16. The van der Waals surface area contributed by atoms with Gasteiger partial charge >= 0.3 is 5.69 Å². The van der Waals surface area contributed by atoms with Crippen molar-refractivity contribution in [1.29, 1.82) is 0 Å². The Morgan fingerprint density at radius 3 is 2.62 bits per heavy atom. The molecule has 2 aromatic rings. The minimum absolute atomic E-state index is 0.0754. The maximum atomic E-state index is 12.1. The van der Waals surface area contributed by atoms with Crippen LogP contribution >= 0.6 is 27.7 Å². The van der Waals surface area contributed by atoms with Crippen LogP contribution < -0.4 is 11.2 Å². The van der Waals surface area contributed by atoms with E-state index < -0.39 is 11.2 Å². The molecule has 1 aromatic heterocycles. The van der Waals surface area contributed by atoms with Crippen molar-refractivity contribution < 1.29 is 5.11 Å². The van der Waals surface area contributed by atoms with Crippen LogP contribution in [0.3, 0.4) is 0 Å². The number of hydrogen-bond acceptors (Lipinski definition) is 4. The highest BCUT2D eigenvalue weighted by molar-refractivity contribution is 9.10. The second kappa shape index (κ2) is 5.73. The lowest BCUT2D eigenvalue weighted by atomic mass is 10.1. The lowest BCUT2D eigenvalue weighted by Crippen LogP contribution is -2.33. The van der Waals surface area contributed by atoms with Gasteiger partial charge < -0.3 is 5.11 Å². The Morgan fingerprint density at radius 1 is 1.29 bits per heavy atom. The highest BCUT2D eigenvalue weighted by Crippen LogP contribution is 2.32. The molecule has 0 spiro atoms. The van der Waals surface area contributed by atoms with Gasteiger partial charge in [-0.3, -0.25) is 14.3 Å². The van der Waals surface area contributed by atoms with E-state index in [1.807, 2.05) is 0 Å². The number of aromatic nitrogens is 2. The van der Waals surface area contributed by atoms with Crippen molar-refractivity contribution in [1.82, 2.24) is 9.55 Å². The fourth-order valence-electron chi connectivity index (χ4n) is 2.48. The molecule has 0 radical (unpaired) electrons. The summed E-state index contributed by atoms with van der Waals surface area (Å²) in [6.07, 6.45) is 0.809. The van der Waals surface area contributed by atoms with Crippen LogP contribution in [0, 0.1) is 0 Å². The SMILES string of the molecule is O=c1[nH]c(=O)n(C2CCSC2)c(O)c1-c1ccc(Br)cc1. The summed E-state index contributed by atoms with van der Waals surface area (Å²) in [5.41, 5.74) is -0.400. The molecule has 1 aliphatic heterocycles. The zero-order valence-electron chi connectivity index (χ0n) is 11.0. The first-order valence-corrected chi connectivity index (χ1v) is 8.44. The van der Waals surface area contributed by atoms with Crippen LogP contribution in [0.15, 0.2) is 38.3 Å². The molecule has 0 bridgehead atoms. The van der Waals surface area contributed by atoms with Gasteiger partial charge in [-0.2, -0.15) is 11.8 Å². The molecule has 7 heteroatoms. The highest BCUT2D eigenvalue weighted by Gasteiger charge is 2.24. The predicted octanol–water partition coefficient (Wildman–Crippen LogP) is 2.35. The second-order valence-electron chi connectivity index (χ2n) is 4.85. The molecule has 1 aliphatic rings. The largest absolute Gasteiger partial charge is 0.494 e. The Labute approximate surface area is 133 Å². The van der Waals surface area contributed by atoms with E-state index in [4.69, 9.17) is 0 Å². The third kappa shape index (κ3) is 2.67. The Hall–Kier alpha value is -1.47. The van der Waals surface area contributed by atoms with Gasteiger partial charge in [-0.15, -0.1) is 0 Å². The monoisotopic (exact) mass is 368 g/mol. The standard InChI is InChI=1S/C14H13BrN2O3S/c15-9-3-1-8(2-4-9)11-12(18)16-14(20)17(13(11)19)10-5-6-21-7-10/h1-4,10,19H,5-7H2,(H,16,18,20). The lowest BCUT2D eigenvalue weighted by molar-refractivity contribution is 0.376.